The van der Waals surface area contributed by atoms with E-state index in [-0.39, 0.29) is 11.9 Å². The van der Waals surface area contributed by atoms with Gasteiger partial charge < -0.3 is 11.1 Å². The van der Waals surface area contributed by atoms with Crippen LogP contribution < -0.4 is 11.1 Å². The van der Waals surface area contributed by atoms with Gasteiger partial charge in [0.05, 0.1) is 6.04 Å². The molecule has 0 aliphatic rings. The van der Waals surface area contributed by atoms with E-state index >= 15 is 0 Å². The minimum Gasteiger partial charge on any atom is -0.350 e. The molecule has 1 amide bonds. The predicted octanol–water partition coefficient (Wildman–Crippen LogP) is 2.20. The summed E-state index contributed by atoms with van der Waals surface area (Å²) in [5.74, 6) is -0.131. The molecule has 4 nitrogen and oxygen atoms in total. The van der Waals surface area contributed by atoms with Gasteiger partial charge in [0, 0.05) is 11.9 Å². The molecule has 96 valence electrons. The second-order valence-corrected chi connectivity index (χ2v) is 5.67. The standard InChI is InChI=1S/C12H15N3OS2/c1-8(13)12-15-10(7-18-12)11(16)14-4-2-9-3-5-17-6-9/h3,5-8H,2,4,13H2,1H3,(H,14,16). The van der Waals surface area contributed by atoms with Crippen LogP contribution in [0.2, 0.25) is 0 Å². The molecule has 0 aromatic carbocycles. The molecule has 6 heteroatoms. The van der Waals surface area contributed by atoms with Gasteiger partial charge in [-0.25, -0.2) is 4.98 Å². The Morgan fingerprint density at radius 3 is 3.00 bits per heavy atom. The number of thiophene rings is 1. The van der Waals surface area contributed by atoms with Gasteiger partial charge in [0.15, 0.2) is 0 Å². The van der Waals surface area contributed by atoms with Gasteiger partial charge in [-0.3, -0.25) is 4.79 Å². The van der Waals surface area contributed by atoms with Crippen molar-refractivity contribution in [2.75, 3.05) is 6.54 Å². The topological polar surface area (TPSA) is 68.0 Å². The van der Waals surface area contributed by atoms with Crippen molar-refractivity contribution < 1.29 is 4.79 Å². The minimum absolute atomic E-state index is 0.123. The van der Waals surface area contributed by atoms with Gasteiger partial charge in [-0.2, -0.15) is 11.3 Å². The minimum atomic E-state index is -0.131. The first-order valence-electron chi connectivity index (χ1n) is 5.67. The van der Waals surface area contributed by atoms with Crippen molar-refractivity contribution in [2.24, 2.45) is 5.73 Å². The molecule has 0 saturated carbocycles. The first-order chi connectivity index (χ1) is 8.66. The van der Waals surface area contributed by atoms with Crippen molar-refractivity contribution in [3.05, 3.63) is 38.5 Å². The molecule has 3 N–H and O–H groups in total. The number of aromatic nitrogens is 1. The van der Waals surface area contributed by atoms with Crippen LogP contribution in [-0.4, -0.2) is 17.4 Å². The van der Waals surface area contributed by atoms with Crippen LogP contribution in [-0.2, 0) is 6.42 Å². The van der Waals surface area contributed by atoms with Crippen molar-refractivity contribution in [1.82, 2.24) is 10.3 Å². The summed E-state index contributed by atoms with van der Waals surface area (Å²) < 4.78 is 0. The quantitative estimate of drug-likeness (QED) is 0.883. The summed E-state index contributed by atoms with van der Waals surface area (Å²) in [5, 5.41) is 9.52. The molecule has 1 unspecified atom stereocenters. The fraction of sp³-hybridized carbons (Fsp3) is 0.333. The van der Waals surface area contributed by atoms with Crippen LogP contribution in [0.25, 0.3) is 0 Å². The molecule has 2 rings (SSSR count). The highest BCUT2D eigenvalue weighted by Gasteiger charge is 2.12. The Balaban J connectivity index is 1.83. The molecule has 0 aliphatic carbocycles. The molecule has 0 bridgehead atoms. The lowest BCUT2D eigenvalue weighted by atomic mass is 10.2. The molecule has 0 radical (unpaired) electrons. The summed E-state index contributed by atoms with van der Waals surface area (Å²) in [6.45, 7) is 2.48. The van der Waals surface area contributed by atoms with Gasteiger partial charge in [-0.05, 0) is 35.7 Å². The van der Waals surface area contributed by atoms with Crippen LogP contribution in [0, 0.1) is 0 Å². The first-order valence-corrected chi connectivity index (χ1v) is 7.49. The number of nitrogens with two attached hydrogens (primary N) is 1. The van der Waals surface area contributed by atoms with Crippen LogP contribution in [0.3, 0.4) is 0 Å². The lowest BCUT2D eigenvalue weighted by Crippen LogP contribution is -2.26. The van der Waals surface area contributed by atoms with Crippen LogP contribution >= 0.6 is 22.7 Å². The average Bonchev–Trinajstić information content (AvgIpc) is 2.99. The molecule has 0 aliphatic heterocycles. The molecular weight excluding hydrogens is 266 g/mol. The smallest absolute Gasteiger partial charge is 0.270 e. The van der Waals surface area contributed by atoms with Crippen molar-refractivity contribution in [1.29, 1.82) is 0 Å². The Hall–Kier alpha value is -1.24. The van der Waals surface area contributed by atoms with Crippen LogP contribution in [0.15, 0.2) is 22.2 Å². The summed E-state index contributed by atoms with van der Waals surface area (Å²) in [7, 11) is 0. The molecule has 2 aromatic rings. The van der Waals surface area contributed by atoms with Crippen molar-refractivity contribution >= 4 is 28.6 Å². The van der Waals surface area contributed by atoms with E-state index in [2.05, 4.69) is 21.7 Å². The van der Waals surface area contributed by atoms with E-state index in [0.29, 0.717) is 12.2 Å². The maximum atomic E-state index is 11.8. The lowest BCUT2D eigenvalue weighted by molar-refractivity contribution is 0.0949. The van der Waals surface area contributed by atoms with Gasteiger partial charge >= 0.3 is 0 Å². The third kappa shape index (κ3) is 3.38. The Bertz CT molecular complexity index is 505. The number of nitrogens with one attached hydrogen (secondary N) is 1. The number of thiazole rings is 1. The Morgan fingerprint density at radius 1 is 1.56 bits per heavy atom. The van der Waals surface area contributed by atoms with E-state index in [1.165, 1.54) is 16.9 Å². The summed E-state index contributed by atoms with van der Waals surface area (Å²) in [6.07, 6.45) is 0.847. The SMILES string of the molecule is CC(N)c1nc(C(=O)NCCc2ccsc2)cs1. The second-order valence-electron chi connectivity index (χ2n) is 4.00. The zero-order chi connectivity index (χ0) is 13.0. The molecule has 0 fully saturated rings. The van der Waals surface area contributed by atoms with E-state index in [4.69, 9.17) is 5.73 Å². The van der Waals surface area contributed by atoms with Crippen molar-refractivity contribution in [3.63, 3.8) is 0 Å². The number of nitrogens with zero attached hydrogens (tertiary/aromatic N) is 1. The van der Waals surface area contributed by atoms with Crippen molar-refractivity contribution in [2.45, 2.75) is 19.4 Å². The van der Waals surface area contributed by atoms with E-state index in [9.17, 15) is 4.79 Å². The average molecular weight is 281 g/mol. The highest BCUT2D eigenvalue weighted by molar-refractivity contribution is 7.10. The zero-order valence-corrected chi connectivity index (χ0v) is 11.7. The van der Waals surface area contributed by atoms with E-state index < -0.39 is 0 Å². The number of amides is 1. The predicted molar refractivity (Wildman–Crippen MR) is 75.1 cm³/mol. The Morgan fingerprint density at radius 2 is 2.39 bits per heavy atom. The van der Waals surface area contributed by atoms with Gasteiger partial charge in [0.1, 0.15) is 10.7 Å². The van der Waals surface area contributed by atoms with E-state index in [1.807, 2.05) is 12.3 Å². The Labute approximate surface area is 114 Å². The maximum absolute atomic E-state index is 11.8. The number of hydrogen-bond acceptors (Lipinski definition) is 5. The van der Waals surface area contributed by atoms with Crippen LogP contribution in [0.5, 0.6) is 0 Å². The number of carbonyl (C=O) groups is 1. The second kappa shape index (κ2) is 6.08. The molecule has 2 aromatic heterocycles. The Kier molecular flexibility index (Phi) is 4.46. The van der Waals surface area contributed by atoms with Gasteiger partial charge in [0.25, 0.3) is 5.91 Å². The highest BCUT2D eigenvalue weighted by atomic mass is 32.1. The molecular formula is C12H15N3OS2. The van der Waals surface area contributed by atoms with E-state index in [1.54, 1.807) is 16.7 Å². The zero-order valence-electron chi connectivity index (χ0n) is 10.1. The number of rotatable bonds is 5. The fourth-order valence-electron chi connectivity index (χ4n) is 1.45. The van der Waals surface area contributed by atoms with E-state index in [0.717, 1.165) is 11.4 Å². The van der Waals surface area contributed by atoms with Gasteiger partial charge in [0.2, 0.25) is 0 Å². The summed E-state index contributed by atoms with van der Waals surface area (Å²) in [6, 6.07) is 1.94. The summed E-state index contributed by atoms with van der Waals surface area (Å²) in [5.41, 5.74) is 7.41. The first kappa shape index (κ1) is 13.2. The normalized spacial score (nSPS) is 12.3. The van der Waals surface area contributed by atoms with Crippen molar-refractivity contribution in [3.8, 4) is 0 Å². The summed E-state index contributed by atoms with van der Waals surface area (Å²) >= 11 is 3.09. The molecule has 1 atom stereocenters. The third-order valence-corrected chi connectivity index (χ3v) is 4.20. The number of carbonyl (C=O) groups excluding carboxylic acids is 1. The highest BCUT2D eigenvalue weighted by Crippen LogP contribution is 2.15. The molecule has 2 heterocycles. The number of hydrogen-bond donors (Lipinski definition) is 2. The summed E-state index contributed by atoms with van der Waals surface area (Å²) in [4.78, 5) is 16.0. The molecule has 18 heavy (non-hydrogen) atoms. The maximum Gasteiger partial charge on any atom is 0.270 e. The van der Waals surface area contributed by atoms with Gasteiger partial charge in [-0.15, -0.1) is 11.3 Å². The monoisotopic (exact) mass is 281 g/mol. The lowest BCUT2D eigenvalue weighted by Gasteiger charge is -2.02. The molecule has 0 spiro atoms. The molecule has 0 saturated heterocycles. The van der Waals surface area contributed by atoms with Gasteiger partial charge in [-0.1, -0.05) is 0 Å². The fourth-order valence-corrected chi connectivity index (χ4v) is 2.91. The third-order valence-electron chi connectivity index (χ3n) is 2.42. The van der Waals surface area contributed by atoms with Crippen LogP contribution in [0.1, 0.15) is 34.0 Å². The van der Waals surface area contributed by atoms with Crippen LogP contribution in [0.4, 0.5) is 0 Å². The largest absolute Gasteiger partial charge is 0.350 e.